The molecular formula is C23H25N3O3S. The van der Waals surface area contributed by atoms with Crippen LogP contribution in [0.2, 0.25) is 0 Å². The summed E-state index contributed by atoms with van der Waals surface area (Å²) in [7, 11) is 0. The van der Waals surface area contributed by atoms with E-state index >= 15 is 0 Å². The van der Waals surface area contributed by atoms with Crippen molar-refractivity contribution in [3.05, 3.63) is 65.0 Å². The molecule has 0 aliphatic carbocycles. The topological polar surface area (TPSA) is 80.3 Å². The van der Waals surface area contributed by atoms with Crippen LogP contribution in [0.15, 0.2) is 53.9 Å². The third kappa shape index (κ3) is 6.15. The molecule has 1 heterocycles. The van der Waals surface area contributed by atoms with Gasteiger partial charge in [0.1, 0.15) is 5.75 Å². The van der Waals surface area contributed by atoms with E-state index in [4.69, 9.17) is 4.74 Å². The molecule has 1 aromatic heterocycles. The summed E-state index contributed by atoms with van der Waals surface area (Å²) in [6.07, 6.45) is 0. The van der Waals surface area contributed by atoms with E-state index in [9.17, 15) is 9.59 Å². The van der Waals surface area contributed by atoms with E-state index in [2.05, 4.69) is 29.5 Å². The van der Waals surface area contributed by atoms with Gasteiger partial charge in [-0.2, -0.15) is 0 Å². The Labute approximate surface area is 180 Å². The summed E-state index contributed by atoms with van der Waals surface area (Å²) in [5, 5.41) is 7.97. The standard InChI is InChI=1S/C23H25N3O3S/c1-15(2)19-5-4-6-20(11-19)29-13-22(28)26-23-25-21(14-30-23)18-9-7-17(8-10-18)12-24-16(3)27/h4-11,14-15H,12-13H2,1-3H3,(H,24,27)(H,25,26,28). The molecule has 6 nitrogen and oxygen atoms in total. The van der Waals surface area contributed by atoms with Crippen molar-refractivity contribution in [3.63, 3.8) is 0 Å². The van der Waals surface area contributed by atoms with Crippen LogP contribution in [0.25, 0.3) is 11.3 Å². The van der Waals surface area contributed by atoms with Gasteiger partial charge in [0.05, 0.1) is 5.69 Å². The number of carbonyl (C=O) groups is 2. The lowest BCUT2D eigenvalue weighted by atomic mass is 10.0. The number of aromatic nitrogens is 1. The van der Waals surface area contributed by atoms with Gasteiger partial charge in [-0.25, -0.2) is 4.98 Å². The molecule has 2 aromatic carbocycles. The molecule has 7 heteroatoms. The van der Waals surface area contributed by atoms with Crippen LogP contribution in [0, 0.1) is 0 Å². The van der Waals surface area contributed by atoms with Crippen LogP contribution in [-0.4, -0.2) is 23.4 Å². The Morgan fingerprint density at radius 3 is 2.60 bits per heavy atom. The number of ether oxygens (including phenoxy) is 1. The molecular weight excluding hydrogens is 398 g/mol. The molecule has 0 aliphatic rings. The Kier molecular flexibility index (Phi) is 7.19. The minimum absolute atomic E-state index is 0.0597. The van der Waals surface area contributed by atoms with E-state index in [1.807, 2.05) is 53.9 Å². The molecule has 0 saturated carbocycles. The monoisotopic (exact) mass is 423 g/mol. The van der Waals surface area contributed by atoms with Gasteiger partial charge < -0.3 is 10.1 Å². The second-order valence-corrected chi connectivity index (χ2v) is 8.07. The first kappa shape index (κ1) is 21.5. The lowest BCUT2D eigenvalue weighted by Crippen LogP contribution is -2.20. The zero-order valence-electron chi connectivity index (χ0n) is 17.3. The molecule has 0 radical (unpaired) electrons. The average molecular weight is 424 g/mol. The number of amides is 2. The molecule has 0 unspecified atom stereocenters. The molecule has 0 atom stereocenters. The maximum absolute atomic E-state index is 12.2. The minimum Gasteiger partial charge on any atom is -0.484 e. The van der Waals surface area contributed by atoms with E-state index in [-0.39, 0.29) is 18.4 Å². The maximum Gasteiger partial charge on any atom is 0.264 e. The smallest absolute Gasteiger partial charge is 0.264 e. The molecule has 2 amide bonds. The normalized spacial score (nSPS) is 10.7. The number of thiazole rings is 1. The third-order valence-corrected chi connectivity index (χ3v) is 5.19. The van der Waals surface area contributed by atoms with Crippen molar-refractivity contribution >= 4 is 28.3 Å². The van der Waals surface area contributed by atoms with Gasteiger partial charge in [-0.3, -0.25) is 14.9 Å². The number of hydrogen-bond acceptors (Lipinski definition) is 5. The van der Waals surface area contributed by atoms with Gasteiger partial charge in [0, 0.05) is 24.4 Å². The van der Waals surface area contributed by atoms with Gasteiger partial charge in [0.15, 0.2) is 11.7 Å². The Morgan fingerprint density at radius 2 is 1.90 bits per heavy atom. The van der Waals surface area contributed by atoms with Crippen molar-refractivity contribution in [1.82, 2.24) is 10.3 Å². The zero-order chi connectivity index (χ0) is 21.5. The first-order chi connectivity index (χ1) is 14.4. The van der Waals surface area contributed by atoms with Gasteiger partial charge in [0.25, 0.3) is 5.91 Å². The molecule has 0 bridgehead atoms. The highest BCUT2D eigenvalue weighted by Gasteiger charge is 2.10. The Hall–Kier alpha value is -3.19. The van der Waals surface area contributed by atoms with Gasteiger partial charge in [0.2, 0.25) is 5.91 Å². The molecule has 0 fully saturated rings. The minimum atomic E-state index is -0.253. The highest BCUT2D eigenvalue weighted by atomic mass is 32.1. The quantitative estimate of drug-likeness (QED) is 0.555. The lowest BCUT2D eigenvalue weighted by Gasteiger charge is -2.09. The van der Waals surface area contributed by atoms with Gasteiger partial charge >= 0.3 is 0 Å². The van der Waals surface area contributed by atoms with Crippen molar-refractivity contribution in [2.75, 3.05) is 11.9 Å². The van der Waals surface area contributed by atoms with Crippen molar-refractivity contribution in [1.29, 1.82) is 0 Å². The van der Waals surface area contributed by atoms with Gasteiger partial charge in [-0.1, -0.05) is 50.2 Å². The summed E-state index contributed by atoms with van der Waals surface area (Å²) < 4.78 is 5.61. The fraction of sp³-hybridized carbons (Fsp3) is 0.261. The summed E-state index contributed by atoms with van der Waals surface area (Å²) in [6, 6.07) is 15.6. The van der Waals surface area contributed by atoms with Crippen LogP contribution in [0.5, 0.6) is 5.75 Å². The molecule has 30 heavy (non-hydrogen) atoms. The number of nitrogens with zero attached hydrogens (tertiary/aromatic N) is 1. The Bertz CT molecular complexity index is 1010. The van der Waals surface area contributed by atoms with E-state index < -0.39 is 0 Å². The number of benzene rings is 2. The number of carbonyl (C=O) groups excluding carboxylic acids is 2. The summed E-state index contributed by atoms with van der Waals surface area (Å²) in [5.41, 5.74) is 3.91. The summed E-state index contributed by atoms with van der Waals surface area (Å²) in [6.45, 7) is 6.14. The van der Waals surface area contributed by atoms with Gasteiger partial charge in [-0.15, -0.1) is 11.3 Å². The number of nitrogens with one attached hydrogen (secondary N) is 2. The number of anilines is 1. The fourth-order valence-corrected chi connectivity index (χ4v) is 3.49. The summed E-state index contributed by atoms with van der Waals surface area (Å²) >= 11 is 1.36. The fourth-order valence-electron chi connectivity index (χ4n) is 2.75. The molecule has 3 rings (SSSR count). The first-order valence-electron chi connectivity index (χ1n) is 9.72. The molecule has 156 valence electrons. The van der Waals surface area contributed by atoms with E-state index in [0.717, 1.165) is 16.8 Å². The Morgan fingerprint density at radius 1 is 1.13 bits per heavy atom. The zero-order valence-corrected chi connectivity index (χ0v) is 18.1. The van der Waals surface area contributed by atoms with Crippen LogP contribution >= 0.6 is 11.3 Å². The van der Waals surface area contributed by atoms with E-state index in [1.165, 1.54) is 23.8 Å². The molecule has 0 aliphatic heterocycles. The number of rotatable bonds is 8. The van der Waals surface area contributed by atoms with Crippen molar-refractivity contribution < 1.29 is 14.3 Å². The molecule has 0 spiro atoms. The van der Waals surface area contributed by atoms with Crippen molar-refractivity contribution in [2.45, 2.75) is 33.2 Å². The summed E-state index contributed by atoms with van der Waals surface area (Å²) in [4.78, 5) is 27.7. The third-order valence-electron chi connectivity index (χ3n) is 4.44. The van der Waals surface area contributed by atoms with Crippen LogP contribution < -0.4 is 15.4 Å². The first-order valence-corrected chi connectivity index (χ1v) is 10.6. The predicted molar refractivity (Wildman–Crippen MR) is 120 cm³/mol. The van der Waals surface area contributed by atoms with Crippen molar-refractivity contribution in [2.24, 2.45) is 0 Å². The maximum atomic E-state index is 12.2. The van der Waals surface area contributed by atoms with E-state index in [1.54, 1.807) is 0 Å². The highest BCUT2D eigenvalue weighted by Crippen LogP contribution is 2.25. The Balaban J connectivity index is 1.54. The van der Waals surface area contributed by atoms with Crippen LogP contribution in [0.1, 0.15) is 37.8 Å². The predicted octanol–water partition coefficient (Wildman–Crippen LogP) is 4.59. The van der Waals surface area contributed by atoms with Crippen LogP contribution in [0.4, 0.5) is 5.13 Å². The molecule has 0 saturated heterocycles. The summed E-state index contributed by atoms with van der Waals surface area (Å²) in [5.74, 6) is 0.762. The molecule has 3 aromatic rings. The second kappa shape index (κ2) is 10.0. The average Bonchev–Trinajstić information content (AvgIpc) is 3.19. The van der Waals surface area contributed by atoms with Crippen molar-refractivity contribution in [3.8, 4) is 17.0 Å². The SMILES string of the molecule is CC(=O)NCc1ccc(-c2csc(NC(=O)COc3cccc(C(C)C)c3)n2)cc1. The lowest BCUT2D eigenvalue weighted by molar-refractivity contribution is -0.119. The van der Waals surface area contributed by atoms with Crippen LogP contribution in [-0.2, 0) is 16.1 Å². The largest absolute Gasteiger partial charge is 0.484 e. The van der Waals surface area contributed by atoms with Gasteiger partial charge in [-0.05, 0) is 29.2 Å². The molecule has 2 N–H and O–H groups in total. The van der Waals surface area contributed by atoms with E-state index in [0.29, 0.717) is 23.3 Å². The number of hydrogen-bond donors (Lipinski definition) is 2. The van der Waals surface area contributed by atoms with Crippen LogP contribution in [0.3, 0.4) is 0 Å². The highest BCUT2D eigenvalue weighted by molar-refractivity contribution is 7.14. The second-order valence-electron chi connectivity index (χ2n) is 7.21.